The number of allylic oxidation sites excluding steroid dienone is 2. The van der Waals surface area contributed by atoms with Gasteiger partial charge in [-0.15, -0.1) is 0 Å². The van der Waals surface area contributed by atoms with Crippen molar-refractivity contribution >= 4 is 26.0 Å². The van der Waals surface area contributed by atoms with Crippen LogP contribution in [-0.2, 0) is 9.05 Å². The topological polar surface area (TPSA) is 45.5 Å². The van der Waals surface area contributed by atoms with Crippen LogP contribution < -0.4 is 4.67 Å². The lowest BCUT2D eigenvalue weighted by atomic mass is 10.1. The molecule has 3 unspecified atom stereocenters. The molecule has 3 atom stereocenters. The summed E-state index contributed by atoms with van der Waals surface area (Å²) in [5, 5.41) is 8.80. The molecule has 0 amide bonds. The molecule has 0 N–H and O–H groups in total. The average molecular weight is 475 g/mol. The molecule has 0 spiro atoms. The Morgan fingerprint density at radius 3 is 2.41 bits per heavy atom. The van der Waals surface area contributed by atoms with E-state index in [9.17, 15) is 0 Å². The molecule has 2 aliphatic carbocycles. The molecule has 0 aliphatic heterocycles. The lowest BCUT2D eigenvalue weighted by Gasteiger charge is -2.27. The molecular weight excluding hydrogens is 435 g/mol. The predicted molar refractivity (Wildman–Crippen MR) is 138 cm³/mol. The summed E-state index contributed by atoms with van der Waals surface area (Å²) in [7, 11) is 0.823. The minimum atomic E-state index is -1.18. The van der Waals surface area contributed by atoms with Gasteiger partial charge in [-0.2, -0.15) is 17.0 Å². The number of rotatable bonds is 15. The molecule has 0 aromatic heterocycles. The van der Waals surface area contributed by atoms with E-state index in [1.54, 1.807) is 0 Å². The third-order valence-corrected chi connectivity index (χ3v) is 9.22. The molecule has 1 saturated carbocycles. The SMILES string of the molecule is CN(c1ccccc1)P(OCCC#N)OCCCCCCSCC1C2CCC=CCCC21. The van der Waals surface area contributed by atoms with Gasteiger partial charge < -0.3 is 13.7 Å². The number of anilines is 1. The van der Waals surface area contributed by atoms with Gasteiger partial charge >= 0.3 is 0 Å². The lowest BCUT2D eigenvalue weighted by Crippen LogP contribution is -2.14. The molecule has 32 heavy (non-hydrogen) atoms. The highest BCUT2D eigenvalue weighted by Crippen LogP contribution is 2.54. The van der Waals surface area contributed by atoms with E-state index in [4.69, 9.17) is 14.3 Å². The van der Waals surface area contributed by atoms with Crippen LogP contribution in [0.5, 0.6) is 0 Å². The molecule has 3 rings (SSSR count). The summed E-state index contributed by atoms with van der Waals surface area (Å²) in [4.78, 5) is 0. The maximum Gasteiger partial charge on any atom is 0.289 e. The number of nitriles is 1. The van der Waals surface area contributed by atoms with Crippen molar-refractivity contribution in [1.29, 1.82) is 5.26 Å². The Morgan fingerprint density at radius 2 is 1.69 bits per heavy atom. The molecule has 1 aromatic rings. The molecule has 4 nitrogen and oxygen atoms in total. The maximum absolute atomic E-state index is 8.80. The molecule has 0 saturated heterocycles. The van der Waals surface area contributed by atoms with Gasteiger partial charge in [0.2, 0.25) is 0 Å². The van der Waals surface area contributed by atoms with Gasteiger partial charge in [0.1, 0.15) is 0 Å². The van der Waals surface area contributed by atoms with Crippen molar-refractivity contribution < 1.29 is 9.05 Å². The van der Waals surface area contributed by atoms with Gasteiger partial charge in [0.05, 0.1) is 25.7 Å². The first-order valence-corrected chi connectivity index (χ1v) is 14.5. The first-order valence-electron chi connectivity index (χ1n) is 12.3. The molecule has 0 radical (unpaired) electrons. The van der Waals surface area contributed by atoms with Crippen molar-refractivity contribution in [2.24, 2.45) is 17.8 Å². The predicted octanol–water partition coefficient (Wildman–Crippen LogP) is 7.58. The fraction of sp³-hybridized carbons (Fsp3) is 0.654. The summed E-state index contributed by atoms with van der Waals surface area (Å²) in [5.41, 5.74) is 1.07. The van der Waals surface area contributed by atoms with Gasteiger partial charge in [0.25, 0.3) is 8.53 Å². The van der Waals surface area contributed by atoms with E-state index in [1.807, 2.05) is 25.2 Å². The van der Waals surface area contributed by atoms with Crippen molar-refractivity contribution in [1.82, 2.24) is 0 Å². The smallest absolute Gasteiger partial charge is 0.289 e. The Hall–Kier alpha value is -1.05. The number of para-hydroxylation sites is 1. The van der Waals surface area contributed by atoms with Gasteiger partial charge in [-0.3, -0.25) is 0 Å². The minimum Gasteiger partial charge on any atom is -0.317 e. The fourth-order valence-corrected chi connectivity index (χ4v) is 7.20. The van der Waals surface area contributed by atoms with E-state index in [0.29, 0.717) is 19.6 Å². The molecule has 6 heteroatoms. The molecule has 2 aliphatic rings. The zero-order valence-electron chi connectivity index (χ0n) is 19.5. The van der Waals surface area contributed by atoms with E-state index >= 15 is 0 Å². The highest BCUT2D eigenvalue weighted by Gasteiger charge is 2.47. The van der Waals surface area contributed by atoms with Gasteiger partial charge in [-0.1, -0.05) is 43.2 Å². The van der Waals surface area contributed by atoms with Crippen LogP contribution in [0.3, 0.4) is 0 Å². The van der Waals surface area contributed by atoms with Crippen LogP contribution in [0.1, 0.15) is 57.8 Å². The summed E-state index contributed by atoms with van der Waals surface area (Å²) >= 11 is 2.18. The monoisotopic (exact) mass is 474 g/mol. The van der Waals surface area contributed by atoms with Crippen LogP contribution in [0.25, 0.3) is 0 Å². The summed E-state index contributed by atoms with van der Waals surface area (Å²) < 4.78 is 14.0. The zero-order valence-corrected chi connectivity index (χ0v) is 21.2. The Balaban J connectivity index is 1.23. The van der Waals surface area contributed by atoms with Gasteiger partial charge in [0.15, 0.2) is 0 Å². The second-order valence-electron chi connectivity index (χ2n) is 8.78. The van der Waals surface area contributed by atoms with E-state index in [-0.39, 0.29) is 0 Å². The van der Waals surface area contributed by atoms with Crippen LogP contribution in [-0.4, -0.2) is 31.8 Å². The molecule has 1 aromatic carbocycles. The number of hydrogen-bond acceptors (Lipinski definition) is 5. The van der Waals surface area contributed by atoms with Gasteiger partial charge in [0, 0.05) is 12.7 Å². The molecule has 176 valence electrons. The number of unbranched alkanes of at least 4 members (excludes halogenated alkanes) is 3. The third-order valence-electron chi connectivity index (χ3n) is 6.49. The number of hydrogen-bond donors (Lipinski definition) is 0. The number of thioether (sulfide) groups is 1. The molecular formula is C26H39N2O2PS. The summed E-state index contributed by atoms with van der Waals surface area (Å²) in [6.07, 6.45) is 15.5. The van der Waals surface area contributed by atoms with Crippen molar-refractivity contribution in [3.8, 4) is 6.07 Å². The van der Waals surface area contributed by atoms with E-state index in [1.165, 1.54) is 56.5 Å². The van der Waals surface area contributed by atoms with Crippen LogP contribution in [0.2, 0.25) is 0 Å². The van der Waals surface area contributed by atoms with Crippen LogP contribution in [0, 0.1) is 29.1 Å². The Bertz CT molecular complexity index is 696. The Morgan fingerprint density at radius 1 is 1.00 bits per heavy atom. The van der Waals surface area contributed by atoms with Crippen LogP contribution >= 0.6 is 20.3 Å². The molecule has 0 heterocycles. The van der Waals surface area contributed by atoms with Crippen molar-refractivity contribution in [2.45, 2.75) is 57.8 Å². The van der Waals surface area contributed by atoms with E-state index < -0.39 is 8.53 Å². The van der Waals surface area contributed by atoms with Gasteiger partial charge in [-0.25, -0.2) is 0 Å². The average Bonchev–Trinajstić information content (AvgIpc) is 3.45. The summed E-state index contributed by atoms with van der Waals surface area (Å²) in [6.45, 7) is 1.12. The summed E-state index contributed by atoms with van der Waals surface area (Å²) in [5.74, 6) is 5.76. The Kier molecular flexibility index (Phi) is 12.0. The number of benzene rings is 1. The third kappa shape index (κ3) is 8.71. The Labute approximate surface area is 200 Å². The quantitative estimate of drug-likeness (QED) is 0.149. The summed E-state index contributed by atoms with van der Waals surface area (Å²) in [6, 6.07) is 12.3. The molecule has 1 fully saturated rings. The second-order valence-corrected chi connectivity index (χ2v) is 11.5. The minimum absolute atomic E-state index is 0.391. The number of fused-ring (bicyclic) bond motifs is 1. The second kappa shape index (κ2) is 15.0. The zero-order chi connectivity index (χ0) is 22.4. The fourth-order valence-electron chi connectivity index (χ4n) is 4.58. The number of nitrogens with zero attached hydrogens (tertiary/aromatic N) is 2. The standard InChI is InChI=1S/C26H39N2O2PS/c1-28(23-14-7-6-8-15-23)31(30-20-13-18-27)29-19-11-4-5-12-21-32-22-26-24-16-9-2-3-10-17-25(24)26/h2-3,6-8,14-15,24-26H,4-5,9-13,16-17,19-22H2,1H3. The lowest BCUT2D eigenvalue weighted by molar-refractivity contribution is 0.247. The van der Waals surface area contributed by atoms with Crippen molar-refractivity contribution in [2.75, 3.05) is 36.4 Å². The van der Waals surface area contributed by atoms with Gasteiger partial charge in [-0.05, 0) is 79.9 Å². The highest BCUT2D eigenvalue weighted by molar-refractivity contribution is 7.99. The van der Waals surface area contributed by atoms with Crippen LogP contribution in [0.4, 0.5) is 5.69 Å². The first-order chi connectivity index (χ1) is 15.8. The van der Waals surface area contributed by atoms with E-state index in [2.05, 4.69) is 46.8 Å². The normalized spacial score (nSPS) is 22.9. The van der Waals surface area contributed by atoms with Crippen molar-refractivity contribution in [3.63, 3.8) is 0 Å². The molecule has 0 bridgehead atoms. The van der Waals surface area contributed by atoms with E-state index in [0.717, 1.165) is 29.9 Å². The highest BCUT2D eigenvalue weighted by atomic mass is 32.2. The first kappa shape index (κ1) is 25.6. The maximum atomic E-state index is 8.80. The van der Waals surface area contributed by atoms with Crippen LogP contribution in [0.15, 0.2) is 42.5 Å². The van der Waals surface area contributed by atoms with Crippen molar-refractivity contribution in [3.05, 3.63) is 42.5 Å². The largest absolute Gasteiger partial charge is 0.317 e.